The van der Waals surface area contributed by atoms with Gasteiger partial charge in [-0.2, -0.15) is 0 Å². The number of benzene rings is 2. The molecule has 0 aliphatic carbocycles. The molecule has 2 aromatic carbocycles. The Kier molecular flexibility index (Phi) is 6.24. The first-order chi connectivity index (χ1) is 13.9. The minimum atomic E-state index is -0.293. The van der Waals surface area contributed by atoms with Crippen LogP contribution in [0, 0.1) is 0 Å². The van der Waals surface area contributed by atoms with Crippen LogP contribution in [0.2, 0.25) is 0 Å². The second-order valence-corrected chi connectivity index (χ2v) is 6.84. The average molecular weight is 389 g/mol. The molecule has 0 atom stereocenters. The monoisotopic (exact) mass is 389 g/mol. The van der Waals surface area contributed by atoms with E-state index in [1.807, 2.05) is 38.1 Å². The highest BCUT2D eigenvalue weighted by Crippen LogP contribution is 2.26. The molecule has 3 aromatic rings. The number of rotatable bonds is 7. The van der Waals surface area contributed by atoms with Crippen LogP contribution in [0.15, 0.2) is 67.0 Å². The molecule has 148 valence electrons. The lowest BCUT2D eigenvalue weighted by atomic mass is 10.1. The van der Waals surface area contributed by atoms with Gasteiger partial charge >= 0.3 is 0 Å². The molecular weight excluding hydrogens is 366 g/mol. The van der Waals surface area contributed by atoms with E-state index in [9.17, 15) is 9.59 Å². The molecular formula is C23H23N3O3. The van der Waals surface area contributed by atoms with Crippen molar-refractivity contribution in [3.63, 3.8) is 0 Å². The molecule has 1 heterocycles. The lowest BCUT2D eigenvalue weighted by Crippen LogP contribution is -2.15. The number of carbonyl (C=O) groups is 2. The highest BCUT2D eigenvalue weighted by atomic mass is 16.5. The van der Waals surface area contributed by atoms with E-state index in [2.05, 4.69) is 15.6 Å². The van der Waals surface area contributed by atoms with Crippen molar-refractivity contribution in [2.24, 2.45) is 0 Å². The minimum Gasteiger partial charge on any atom is -0.489 e. The van der Waals surface area contributed by atoms with E-state index in [0.717, 1.165) is 5.69 Å². The number of hydrogen-bond acceptors (Lipinski definition) is 5. The number of anilines is 3. The molecule has 0 radical (unpaired) electrons. The van der Waals surface area contributed by atoms with Crippen molar-refractivity contribution in [1.82, 2.24) is 4.98 Å². The van der Waals surface area contributed by atoms with Crippen molar-refractivity contribution in [2.75, 3.05) is 10.6 Å². The number of amides is 1. The van der Waals surface area contributed by atoms with Crippen molar-refractivity contribution >= 4 is 28.8 Å². The quantitative estimate of drug-likeness (QED) is 0.552. The fourth-order valence-corrected chi connectivity index (χ4v) is 2.74. The number of hydrogen-bond donors (Lipinski definition) is 2. The molecule has 0 bridgehead atoms. The molecule has 0 aliphatic rings. The molecule has 0 aliphatic heterocycles. The van der Waals surface area contributed by atoms with Crippen LogP contribution in [0.3, 0.4) is 0 Å². The first-order valence-electron chi connectivity index (χ1n) is 9.32. The van der Waals surface area contributed by atoms with Crippen LogP contribution in [0.4, 0.5) is 17.1 Å². The van der Waals surface area contributed by atoms with Crippen LogP contribution in [-0.2, 0) is 0 Å². The van der Waals surface area contributed by atoms with Gasteiger partial charge in [-0.3, -0.25) is 14.6 Å². The molecule has 0 saturated heterocycles. The summed E-state index contributed by atoms with van der Waals surface area (Å²) in [4.78, 5) is 28.4. The molecule has 6 nitrogen and oxygen atoms in total. The van der Waals surface area contributed by atoms with Crippen LogP contribution in [-0.4, -0.2) is 22.8 Å². The van der Waals surface area contributed by atoms with Gasteiger partial charge < -0.3 is 15.4 Å². The van der Waals surface area contributed by atoms with Crippen molar-refractivity contribution < 1.29 is 14.3 Å². The molecule has 2 N–H and O–H groups in total. The maximum atomic E-state index is 12.7. The Balaban J connectivity index is 1.77. The number of Topliss-reactive ketones (excluding diaryl/α,β-unsaturated/α-hetero) is 1. The van der Waals surface area contributed by atoms with Crippen molar-refractivity contribution in [3.8, 4) is 5.75 Å². The number of pyridine rings is 1. The van der Waals surface area contributed by atoms with E-state index >= 15 is 0 Å². The summed E-state index contributed by atoms with van der Waals surface area (Å²) in [7, 11) is 0. The summed E-state index contributed by atoms with van der Waals surface area (Å²) < 4.78 is 5.75. The highest BCUT2D eigenvalue weighted by molar-refractivity contribution is 6.05. The van der Waals surface area contributed by atoms with Gasteiger partial charge in [0.15, 0.2) is 5.78 Å². The molecule has 3 rings (SSSR count). The number of nitrogens with zero attached hydrogens (tertiary/aromatic N) is 1. The number of nitrogens with one attached hydrogen (secondary N) is 2. The van der Waals surface area contributed by atoms with Gasteiger partial charge in [0, 0.05) is 17.4 Å². The predicted octanol–water partition coefficient (Wildman–Crippen LogP) is 5.07. The fraction of sp³-hybridized carbons (Fsp3) is 0.174. The molecule has 0 saturated carbocycles. The number of para-hydroxylation sites is 2. The normalized spacial score (nSPS) is 10.5. The minimum absolute atomic E-state index is 0.00647. The molecule has 0 spiro atoms. The summed E-state index contributed by atoms with van der Waals surface area (Å²) in [5.74, 6) is 0.305. The van der Waals surface area contributed by atoms with Crippen molar-refractivity contribution in [1.29, 1.82) is 0 Å². The first kappa shape index (κ1) is 20.1. The zero-order valence-electron chi connectivity index (χ0n) is 16.6. The molecule has 0 unspecified atom stereocenters. The zero-order valence-corrected chi connectivity index (χ0v) is 16.6. The van der Waals surface area contributed by atoms with E-state index in [-0.39, 0.29) is 17.8 Å². The topological polar surface area (TPSA) is 80.3 Å². The highest BCUT2D eigenvalue weighted by Gasteiger charge is 2.12. The van der Waals surface area contributed by atoms with Gasteiger partial charge in [0.25, 0.3) is 5.91 Å². The van der Waals surface area contributed by atoms with Crippen molar-refractivity contribution in [2.45, 2.75) is 26.9 Å². The SMILES string of the molecule is CC(=O)c1cccc(Nc2cncc(C(=O)Nc3ccccc3OC(C)C)c2)c1. The maximum Gasteiger partial charge on any atom is 0.257 e. The Morgan fingerprint density at radius 1 is 0.931 bits per heavy atom. The largest absolute Gasteiger partial charge is 0.489 e. The second kappa shape index (κ2) is 9.01. The number of ether oxygens (including phenoxy) is 1. The smallest absolute Gasteiger partial charge is 0.257 e. The molecule has 0 fully saturated rings. The maximum absolute atomic E-state index is 12.7. The third-order valence-electron chi connectivity index (χ3n) is 4.06. The van der Waals surface area contributed by atoms with Crippen LogP contribution in [0.1, 0.15) is 41.5 Å². The standard InChI is InChI=1S/C23H23N3O3/c1-15(2)29-22-10-5-4-9-21(22)26-23(28)18-12-20(14-24-13-18)25-19-8-6-7-17(11-19)16(3)27/h4-15,25H,1-3H3,(H,26,28). The molecule has 29 heavy (non-hydrogen) atoms. The molecule has 1 aromatic heterocycles. The van der Waals surface area contributed by atoms with Crippen molar-refractivity contribution in [3.05, 3.63) is 78.1 Å². The Morgan fingerprint density at radius 3 is 2.45 bits per heavy atom. The van der Waals surface area contributed by atoms with Gasteiger partial charge in [0.05, 0.1) is 29.2 Å². The summed E-state index contributed by atoms with van der Waals surface area (Å²) in [6.45, 7) is 5.38. The Bertz CT molecular complexity index is 1030. The lowest BCUT2D eigenvalue weighted by molar-refractivity contribution is 0.101. The number of ketones is 1. The number of aromatic nitrogens is 1. The van der Waals surface area contributed by atoms with E-state index in [0.29, 0.717) is 28.3 Å². The van der Waals surface area contributed by atoms with Gasteiger partial charge in [-0.1, -0.05) is 24.3 Å². The van der Waals surface area contributed by atoms with Gasteiger partial charge in [-0.05, 0) is 51.1 Å². The Labute approximate surface area is 169 Å². The van der Waals surface area contributed by atoms with Crippen LogP contribution in [0.5, 0.6) is 5.75 Å². The van der Waals surface area contributed by atoms with E-state index in [1.165, 1.54) is 13.1 Å². The summed E-state index contributed by atoms with van der Waals surface area (Å²) in [6.07, 6.45) is 3.11. The number of carbonyl (C=O) groups excluding carboxylic acids is 2. The predicted molar refractivity (Wildman–Crippen MR) is 114 cm³/mol. The summed E-state index contributed by atoms with van der Waals surface area (Å²) in [5.41, 5.74) is 2.99. The van der Waals surface area contributed by atoms with Gasteiger partial charge in [0.2, 0.25) is 0 Å². The van der Waals surface area contributed by atoms with E-state index < -0.39 is 0 Å². The van der Waals surface area contributed by atoms with Crippen LogP contribution < -0.4 is 15.4 Å². The Hall–Kier alpha value is -3.67. The van der Waals surface area contributed by atoms with Gasteiger partial charge in [0.1, 0.15) is 5.75 Å². The summed E-state index contributed by atoms with van der Waals surface area (Å²) in [5, 5.41) is 6.05. The van der Waals surface area contributed by atoms with Crippen LogP contribution in [0.25, 0.3) is 0 Å². The van der Waals surface area contributed by atoms with Gasteiger partial charge in [-0.25, -0.2) is 0 Å². The van der Waals surface area contributed by atoms with Gasteiger partial charge in [-0.15, -0.1) is 0 Å². The second-order valence-electron chi connectivity index (χ2n) is 6.84. The van der Waals surface area contributed by atoms with Crippen LogP contribution >= 0.6 is 0 Å². The molecule has 6 heteroatoms. The van der Waals surface area contributed by atoms with E-state index in [1.54, 1.807) is 36.5 Å². The average Bonchev–Trinajstić information content (AvgIpc) is 2.69. The van der Waals surface area contributed by atoms with E-state index in [4.69, 9.17) is 4.74 Å². The summed E-state index contributed by atoms with van der Waals surface area (Å²) >= 11 is 0. The Morgan fingerprint density at radius 2 is 1.69 bits per heavy atom. The third-order valence-corrected chi connectivity index (χ3v) is 4.06. The zero-order chi connectivity index (χ0) is 20.8. The first-order valence-corrected chi connectivity index (χ1v) is 9.32. The summed E-state index contributed by atoms with van der Waals surface area (Å²) in [6, 6.07) is 16.2. The lowest BCUT2D eigenvalue weighted by Gasteiger charge is -2.15. The fourth-order valence-electron chi connectivity index (χ4n) is 2.74. The molecule has 1 amide bonds. The third kappa shape index (κ3) is 5.42.